The highest BCUT2D eigenvalue weighted by Gasteiger charge is 2.32. The van der Waals surface area contributed by atoms with E-state index in [1.165, 1.54) is 4.90 Å². The number of aromatic nitrogens is 2. The Morgan fingerprint density at radius 2 is 2.10 bits per heavy atom. The number of rotatable bonds is 5. The third-order valence-electron chi connectivity index (χ3n) is 4.09. The molecule has 7 heteroatoms. The van der Waals surface area contributed by atoms with Gasteiger partial charge in [0.2, 0.25) is 11.8 Å². The number of carboxylic acids is 1. The summed E-state index contributed by atoms with van der Waals surface area (Å²) in [6.07, 6.45) is 5.06. The van der Waals surface area contributed by atoms with E-state index < -0.39 is 12.0 Å². The smallest absolute Gasteiger partial charge is 0.326 e. The van der Waals surface area contributed by atoms with Gasteiger partial charge >= 0.3 is 5.97 Å². The van der Waals surface area contributed by atoms with E-state index in [2.05, 4.69) is 10.1 Å². The van der Waals surface area contributed by atoms with Gasteiger partial charge in [0.05, 0.1) is 0 Å². The van der Waals surface area contributed by atoms with Gasteiger partial charge < -0.3 is 14.5 Å². The highest BCUT2D eigenvalue weighted by molar-refractivity contribution is 5.83. The van der Waals surface area contributed by atoms with E-state index in [9.17, 15) is 14.7 Å². The van der Waals surface area contributed by atoms with Crippen molar-refractivity contribution in [3.8, 4) is 0 Å². The van der Waals surface area contributed by atoms with Crippen LogP contribution in [0.1, 0.15) is 56.2 Å². The summed E-state index contributed by atoms with van der Waals surface area (Å²) in [5, 5.41) is 13.1. The van der Waals surface area contributed by atoms with Crippen molar-refractivity contribution in [3.63, 3.8) is 0 Å². The maximum absolute atomic E-state index is 12.2. The molecule has 1 aliphatic heterocycles. The minimum Gasteiger partial charge on any atom is -0.480 e. The van der Waals surface area contributed by atoms with Crippen molar-refractivity contribution >= 4 is 11.9 Å². The molecular formula is C14H19N3O4. The predicted octanol–water partition coefficient (Wildman–Crippen LogP) is 1.35. The molecular weight excluding hydrogens is 274 g/mol. The number of likely N-dealkylation sites (tertiary alicyclic amines) is 1. The molecule has 7 nitrogen and oxygen atoms in total. The first-order chi connectivity index (χ1) is 10.1. The topological polar surface area (TPSA) is 96.5 Å². The molecule has 1 aromatic rings. The van der Waals surface area contributed by atoms with Crippen molar-refractivity contribution in [1.29, 1.82) is 0 Å². The van der Waals surface area contributed by atoms with Gasteiger partial charge in [-0.05, 0) is 32.1 Å². The van der Waals surface area contributed by atoms with E-state index in [1.807, 2.05) is 0 Å². The molecule has 0 bridgehead atoms. The Kier molecular flexibility index (Phi) is 3.90. The predicted molar refractivity (Wildman–Crippen MR) is 71.6 cm³/mol. The van der Waals surface area contributed by atoms with Crippen molar-refractivity contribution in [2.45, 2.75) is 56.9 Å². The monoisotopic (exact) mass is 293 g/mol. The van der Waals surface area contributed by atoms with E-state index >= 15 is 0 Å². The first kappa shape index (κ1) is 14.0. The fraction of sp³-hybridized carbons (Fsp3) is 0.714. The molecule has 1 aliphatic carbocycles. The summed E-state index contributed by atoms with van der Waals surface area (Å²) < 4.78 is 5.13. The minimum absolute atomic E-state index is 0.145. The molecule has 1 aromatic heterocycles. The van der Waals surface area contributed by atoms with Crippen molar-refractivity contribution in [3.05, 3.63) is 11.7 Å². The zero-order chi connectivity index (χ0) is 14.8. The van der Waals surface area contributed by atoms with Crippen molar-refractivity contribution in [1.82, 2.24) is 15.0 Å². The number of nitrogens with zero attached hydrogens (tertiary/aromatic N) is 3. The fourth-order valence-corrected chi connectivity index (χ4v) is 2.72. The van der Waals surface area contributed by atoms with Crippen LogP contribution in [0.3, 0.4) is 0 Å². The molecule has 0 spiro atoms. The lowest BCUT2D eigenvalue weighted by Gasteiger charge is -2.32. The Labute approximate surface area is 122 Å². The van der Waals surface area contributed by atoms with Gasteiger partial charge in [0.25, 0.3) is 0 Å². The molecule has 1 saturated heterocycles. The molecule has 114 valence electrons. The summed E-state index contributed by atoms with van der Waals surface area (Å²) >= 11 is 0. The minimum atomic E-state index is -0.920. The Hall–Kier alpha value is -1.92. The van der Waals surface area contributed by atoms with Crippen LogP contribution in [-0.2, 0) is 16.0 Å². The summed E-state index contributed by atoms with van der Waals surface area (Å²) in [4.78, 5) is 29.2. The molecule has 21 heavy (non-hydrogen) atoms. The molecule has 1 atom stereocenters. The standard InChI is InChI=1S/C14H19N3O4/c18-12(17-8-2-1-3-10(17)14(19)20)7-6-11-15-13(16-21-11)9-4-5-9/h9-10H,1-8H2,(H,19,20)/t10-/m0/s1. The molecule has 1 amide bonds. The molecule has 2 fully saturated rings. The first-order valence-electron chi connectivity index (χ1n) is 7.50. The lowest BCUT2D eigenvalue weighted by molar-refractivity contribution is -0.152. The second-order valence-electron chi connectivity index (χ2n) is 5.76. The second-order valence-corrected chi connectivity index (χ2v) is 5.76. The van der Waals surface area contributed by atoms with Crippen LogP contribution < -0.4 is 0 Å². The summed E-state index contributed by atoms with van der Waals surface area (Å²) in [6, 6.07) is -0.684. The quantitative estimate of drug-likeness (QED) is 0.880. The third kappa shape index (κ3) is 3.22. The summed E-state index contributed by atoms with van der Waals surface area (Å²) in [5.74, 6) is 0.565. The fourth-order valence-electron chi connectivity index (χ4n) is 2.72. The van der Waals surface area contributed by atoms with Gasteiger partial charge in [-0.15, -0.1) is 0 Å². The zero-order valence-electron chi connectivity index (χ0n) is 11.8. The van der Waals surface area contributed by atoms with Gasteiger partial charge in [-0.3, -0.25) is 4.79 Å². The molecule has 1 N–H and O–H groups in total. The van der Waals surface area contributed by atoms with Crippen LogP contribution in [0.2, 0.25) is 0 Å². The van der Waals surface area contributed by atoms with Crippen LogP contribution in [-0.4, -0.2) is 44.6 Å². The van der Waals surface area contributed by atoms with Crippen LogP contribution in [0.25, 0.3) is 0 Å². The number of carboxylic acid groups (broad SMARTS) is 1. The van der Waals surface area contributed by atoms with E-state index in [4.69, 9.17) is 4.52 Å². The van der Waals surface area contributed by atoms with Gasteiger partial charge in [-0.25, -0.2) is 4.79 Å². The molecule has 3 rings (SSSR count). The number of aryl methyl sites for hydroxylation is 1. The van der Waals surface area contributed by atoms with Crippen molar-refractivity contribution < 1.29 is 19.2 Å². The Morgan fingerprint density at radius 1 is 1.29 bits per heavy atom. The third-order valence-corrected chi connectivity index (χ3v) is 4.09. The number of piperidine rings is 1. The molecule has 2 aliphatic rings. The number of hydrogen-bond acceptors (Lipinski definition) is 5. The van der Waals surface area contributed by atoms with Gasteiger partial charge in [0.15, 0.2) is 5.82 Å². The van der Waals surface area contributed by atoms with Crippen LogP contribution in [0, 0.1) is 0 Å². The Balaban J connectivity index is 1.55. The zero-order valence-corrected chi connectivity index (χ0v) is 11.8. The molecule has 0 radical (unpaired) electrons. The average Bonchev–Trinajstić information content (AvgIpc) is 3.24. The Bertz CT molecular complexity index is 538. The lowest BCUT2D eigenvalue weighted by atomic mass is 10.0. The summed E-state index contributed by atoms with van der Waals surface area (Å²) in [6.45, 7) is 0.521. The SMILES string of the molecule is O=C(O)[C@@H]1CCCCN1C(=O)CCc1nc(C2CC2)no1. The van der Waals surface area contributed by atoms with E-state index in [0.717, 1.165) is 31.5 Å². The maximum Gasteiger partial charge on any atom is 0.326 e. The highest BCUT2D eigenvalue weighted by Crippen LogP contribution is 2.38. The normalized spacial score (nSPS) is 22.3. The Morgan fingerprint density at radius 3 is 2.81 bits per heavy atom. The number of amides is 1. The van der Waals surface area contributed by atoms with Crippen LogP contribution in [0.15, 0.2) is 4.52 Å². The van der Waals surface area contributed by atoms with Gasteiger partial charge in [0, 0.05) is 25.3 Å². The summed E-state index contributed by atoms with van der Waals surface area (Å²) in [7, 11) is 0. The maximum atomic E-state index is 12.2. The van der Waals surface area contributed by atoms with Crippen LogP contribution in [0.4, 0.5) is 0 Å². The molecule has 1 saturated carbocycles. The van der Waals surface area contributed by atoms with Crippen LogP contribution >= 0.6 is 0 Å². The highest BCUT2D eigenvalue weighted by atomic mass is 16.5. The summed E-state index contributed by atoms with van der Waals surface area (Å²) in [5.41, 5.74) is 0. The lowest BCUT2D eigenvalue weighted by Crippen LogP contribution is -2.48. The van der Waals surface area contributed by atoms with Crippen molar-refractivity contribution in [2.24, 2.45) is 0 Å². The van der Waals surface area contributed by atoms with E-state index in [0.29, 0.717) is 31.2 Å². The van der Waals surface area contributed by atoms with Crippen molar-refractivity contribution in [2.75, 3.05) is 6.54 Å². The number of hydrogen-bond donors (Lipinski definition) is 1. The number of carbonyl (C=O) groups excluding carboxylic acids is 1. The first-order valence-corrected chi connectivity index (χ1v) is 7.50. The number of carbonyl (C=O) groups is 2. The molecule has 0 aromatic carbocycles. The van der Waals surface area contributed by atoms with E-state index in [-0.39, 0.29) is 12.3 Å². The second kappa shape index (κ2) is 5.83. The van der Waals surface area contributed by atoms with E-state index in [1.54, 1.807) is 0 Å². The molecule has 0 unspecified atom stereocenters. The largest absolute Gasteiger partial charge is 0.480 e. The van der Waals surface area contributed by atoms with Crippen LogP contribution in [0.5, 0.6) is 0 Å². The average molecular weight is 293 g/mol. The van der Waals surface area contributed by atoms with Gasteiger partial charge in [0.1, 0.15) is 6.04 Å². The van der Waals surface area contributed by atoms with Gasteiger partial charge in [-0.1, -0.05) is 5.16 Å². The van der Waals surface area contributed by atoms with Gasteiger partial charge in [-0.2, -0.15) is 4.98 Å². The molecule has 2 heterocycles. The number of aliphatic carboxylic acids is 1.